The first-order valence-electron chi connectivity index (χ1n) is 7.06. The van der Waals surface area contributed by atoms with Crippen LogP contribution in [-0.2, 0) is 4.79 Å². The molecule has 0 unspecified atom stereocenters. The second-order valence-corrected chi connectivity index (χ2v) is 6.81. The van der Waals surface area contributed by atoms with Crippen molar-refractivity contribution in [3.8, 4) is 0 Å². The molecule has 0 spiro atoms. The van der Waals surface area contributed by atoms with E-state index in [0.29, 0.717) is 11.7 Å². The number of allylic oxidation sites excluding steroid dienone is 2. The predicted octanol–water partition coefficient (Wildman–Crippen LogP) is 3.88. The lowest BCUT2D eigenvalue weighted by Gasteiger charge is -2.37. The van der Waals surface area contributed by atoms with E-state index in [-0.39, 0.29) is 5.41 Å². The Hall–Kier alpha value is -0.630. The third kappa shape index (κ3) is 3.94. The third-order valence-corrected chi connectivity index (χ3v) is 4.56. The van der Waals surface area contributed by atoms with E-state index in [1.807, 2.05) is 13.8 Å². The Morgan fingerprint density at radius 2 is 2.17 bits per heavy atom. The van der Waals surface area contributed by atoms with Gasteiger partial charge in [0.1, 0.15) is 5.78 Å². The summed E-state index contributed by atoms with van der Waals surface area (Å²) in [6.45, 7) is 9.70. The van der Waals surface area contributed by atoms with E-state index in [2.05, 4.69) is 19.9 Å². The first-order valence-corrected chi connectivity index (χ1v) is 7.06. The quantitative estimate of drug-likeness (QED) is 0.754. The first-order chi connectivity index (χ1) is 8.15. The van der Waals surface area contributed by atoms with Gasteiger partial charge in [0.2, 0.25) is 0 Å². The molecular formula is C16H28O2. The minimum Gasteiger partial charge on any atom is -0.390 e. The Labute approximate surface area is 111 Å². The maximum absolute atomic E-state index is 11.7. The second-order valence-electron chi connectivity index (χ2n) is 6.81. The van der Waals surface area contributed by atoms with Crippen molar-refractivity contribution in [2.45, 2.75) is 72.3 Å². The van der Waals surface area contributed by atoms with Crippen LogP contribution in [0.4, 0.5) is 0 Å². The number of Topliss-reactive ketones (excluding diaryl/α,β-unsaturated/α-hetero) is 1. The fourth-order valence-corrected chi connectivity index (χ4v) is 2.70. The van der Waals surface area contributed by atoms with Crippen molar-refractivity contribution < 1.29 is 9.90 Å². The molecule has 0 aromatic heterocycles. The van der Waals surface area contributed by atoms with E-state index in [1.165, 1.54) is 5.57 Å². The Balaban J connectivity index is 2.53. The van der Waals surface area contributed by atoms with Gasteiger partial charge in [-0.1, -0.05) is 25.5 Å². The number of rotatable bonds is 5. The molecule has 0 amide bonds. The molecule has 0 radical (unpaired) electrons. The fraction of sp³-hybridized carbons (Fsp3) is 0.812. The maximum atomic E-state index is 11.7. The van der Waals surface area contributed by atoms with Gasteiger partial charge >= 0.3 is 0 Å². The van der Waals surface area contributed by atoms with Crippen LogP contribution >= 0.6 is 0 Å². The molecule has 0 aromatic rings. The zero-order chi connectivity index (χ0) is 14.0. The predicted molar refractivity (Wildman–Crippen MR) is 75.4 cm³/mol. The lowest BCUT2D eigenvalue weighted by Crippen LogP contribution is -2.35. The molecule has 18 heavy (non-hydrogen) atoms. The molecule has 2 nitrogen and oxygen atoms in total. The van der Waals surface area contributed by atoms with Gasteiger partial charge in [0.15, 0.2) is 0 Å². The molecule has 1 aliphatic carbocycles. The SMILES string of the molecule is CC(=O)[C@]1(C)CC=C(CCCC(C)(C)O)C[C@H]1C. The highest BCUT2D eigenvalue weighted by atomic mass is 16.3. The Morgan fingerprint density at radius 1 is 1.56 bits per heavy atom. The topological polar surface area (TPSA) is 37.3 Å². The molecule has 0 heterocycles. The Bertz CT molecular complexity index is 335. The van der Waals surface area contributed by atoms with Crippen molar-refractivity contribution in [2.75, 3.05) is 0 Å². The van der Waals surface area contributed by atoms with E-state index >= 15 is 0 Å². The smallest absolute Gasteiger partial charge is 0.136 e. The number of aliphatic hydroxyl groups is 1. The van der Waals surface area contributed by atoms with Crippen LogP contribution in [0.25, 0.3) is 0 Å². The van der Waals surface area contributed by atoms with Crippen LogP contribution in [0.15, 0.2) is 11.6 Å². The molecule has 0 bridgehead atoms. The summed E-state index contributed by atoms with van der Waals surface area (Å²) in [4.78, 5) is 11.7. The highest BCUT2D eigenvalue weighted by Crippen LogP contribution is 2.42. The molecule has 0 aromatic carbocycles. The number of hydrogen-bond acceptors (Lipinski definition) is 2. The normalized spacial score (nSPS) is 29.0. The van der Waals surface area contributed by atoms with Gasteiger partial charge in [0.25, 0.3) is 0 Å². The number of hydrogen-bond donors (Lipinski definition) is 1. The molecule has 1 N–H and O–H groups in total. The van der Waals surface area contributed by atoms with Gasteiger partial charge in [-0.3, -0.25) is 4.79 Å². The summed E-state index contributed by atoms with van der Waals surface area (Å²) in [5, 5.41) is 9.69. The van der Waals surface area contributed by atoms with Crippen molar-refractivity contribution in [2.24, 2.45) is 11.3 Å². The first kappa shape index (κ1) is 15.4. The lowest BCUT2D eigenvalue weighted by atomic mass is 9.66. The standard InChI is InChI=1S/C16H28O2/c1-12-11-14(7-6-9-15(3,4)18)8-10-16(12,5)13(2)17/h8,12,18H,6-7,9-11H2,1-5H3/t12-,16-/m1/s1. The molecular weight excluding hydrogens is 224 g/mol. The van der Waals surface area contributed by atoms with Crippen molar-refractivity contribution in [1.29, 1.82) is 0 Å². The third-order valence-electron chi connectivity index (χ3n) is 4.56. The highest BCUT2D eigenvalue weighted by molar-refractivity contribution is 5.82. The van der Waals surface area contributed by atoms with Gasteiger partial charge in [-0.25, -0.2) is 0 Å². The van der Waals surface area contributed by atoms with Crippen LogP contribution in [0.5, 0.6) is 0 Å². The van der Waals surface area contributed by atoms with E-state index in [4.69, 9.17) is 0 Å². The van der Waals surface area contributed by atoms with Crippen LogP contribution in [0.3, 0.4) is 0 Å². The zero-order valence-corrected chi connectivity index (χ0v) is 12.5. The Morgan fingerprint density at radius 3 is 2.61 bits per heavy atom. The minimum atomic E-state index is -0.561. The molecule has 2 atom stereocenters. The number of ketones is 1. The van der Waals surface area contributed by atoms with Gasteiger partial charge in [0, 0.05) is 5.41 Å². The molecule has 1 aliphatic rings. The summed E-state index contributed by atoms with van der Waals surface area (Å²) in [5.74, 6) is 0.735. The van der Waals surface area contributed by atoms with Gasteiger partial charge in [-0.2, -0.15) is 0 Å². The molecule has 1 rings (SSSR count). The Kier molecular flexibility index (Phi) is 4.77. The van der Waals surface area contributed by atoms with Crippen LogP contribution < -0.4 is 0 Å². The van der Waals surface area contributed by atoms with E-state index in [1.54, 1.807) is 6.92 Å². The number of carbonyl (C=O) groups excluding carboxylic acids is 1. The molecule has 0 saturated heterocycles. The molecule has 0 saturated carbocycles. The fourth-order valence-electron chi connectivity index (χ4n) is 2.70. The van der Waals surface area contributed by atoms with Crippen molar-refractivity contribution >= 4 is 5.78 Å². The zero-order valence-electron chi connectivity index (χ0n) is 12.5. The summed E-state index contributed by atoms with van der Waals surface area (Å²) >= 11 is 0. The van der Waals surface area contributed by atoms with Crippen LogP contribution in [-0.4, -0.2) is 16.5 Å². The van der Waals surface area contributed by atoms with E-state index in [9.17, 15) is 9.90 Å². The van der Waals surface area contributed by atoms with Gasteiger partial charge in [-0.15, -0.1) is 0 Å². The maximum Gasteiger partial charge on any atom is 0.136 e. The molecule has 0 aliphatic heterocycles. The minimum absolute atomic E-state index is 0.167. The second kappa shape index (κ2) is 5.56. The monoisotopic (exact) mass is 252 g/mol. The van der Waals surface area contributed by atoms with E-state index < -0.39 is 5.60 Å². The summed E-state index contributed by atoms with van der Waals surface area (Å²) in [7, 11) is 0. The van der Waals surface area contributed by atoms with Crippen LogP contribution in [0, 0.1) is 11.3 Å². The molecule has 0 fully saturated rings. The van der Waals surface area contributed by atoms with E-state index in [0.717, 1.165) is 32.1 Å². The highest BCUT2D eigenvalue weighted by Gasteiger charge is 2.37. The largest absolute Gasteiger partial charge is 0.390 e. The average molecular weight is 252 g/mol. The van der Waals surface area contributed by atoms with Gasteiger partial charge in [0.05, 0.1) is 5.60 Å². The van der Waals surface area contributed by atoms with Crippen molar-refractivity contribution in [3.63, 3.8) is 0 Å². The van der Waals surface area contributed by atoms with Crippen molar-refractivity contribution in [1.82, 2.24) is 0 Å². The lowest BCUT2D eigenvalue weighted by molar-refractivity contribution is -0.128. The molecule has 104 valence electrons. The van der Waals surface area contributed by atoms with Crippen LogP contribution in [0.1, 0.15) is 66.7 Å². The summed E-state index contributed by atoms with van der Waals surface area (Å²) in [6, 6.07) is 0. The van der Waals surface area contributed by atoms with Gasteiger partial charge in [-0.05, 0) is 58.8 Å². The molecule has 2 heteroatoms. The summed E-state index contributed by atoms with van der Waals surface area (Å²) in [6.07, 6.45) is 7.08. The van der Waals surface area contributed by atoms with Crippen LogP contribution in [0.2, 0.25) is 0 Å². The van der Waals surface area contributed by atoms with Crippen molar-refractivity contribution in [3.05, 3.63) is 11.6 Å². The summed E-state index contributed by atoms with van der Waals surface area (Å²) < 4.78 is 0. The number of carbonyl (C=O) groups is 1. The average Bonchev–Trinajstić information content (AvgIpc) is 2.21. The van der Waals surface area contributed by atoms with Gasteiger partial charge < -0.3 is 5.11 Å². The summed E-state index contributed by atoms with van der Waals surface area (Å²) in [5.41, 5.74) is 0.736.